The van der Waals surface area contributed by atoms with Gasteiger partial charge >= 0.3 is 0 Å². The third-order valence-electron chi connectivity index (χ3n) is 4.35. The highest BCUT2D eigenvalue weighted by Gasteiger charge is 2.18. The van der Waals surface area contributed by atoms with E-state index in [2.05, 4.69) is 17.1 Å². The van der Waals surface area contributed by atoms with Gasteiger partial charge in [0, 0.05) is 12.1 Å². The van der Waals surface area contributed by atoms with Crippen molar-refractivity contribution in [3.63, 3.8) is 0 Å². The molecule has 2 rings (SSSR count). The van der Waals surface area contributed by atoms with E-state index in [0.29, 0.717) is 0 Å². The highest BCUT2D eigenvalue weighted by Crippen LogP contribution is 2.18. The molecule has 2 atom stereocenters. The van der Waals surface area contributed by atoms with Crippen LogP contribution in [-0.2, 0) is 0 Å². The average molecular weight is 224 g/mol. The van der Waals surface area contributed by atoms with Crippen LogP contribution in [0, 0.1) is 0 Å². The van der Waals surface area contributed by atoms with E-state index in [9.17, 15) is 0 Å². The van der Waals surface area contributed by atoms with Gasteiger partial charge in [0.2, 0.25) is 0 Å². The van der Waals surface area contributed by atoms with Crippen molar-refractivity contribution in [3.8, 4) is 0 Å². The number of hydrogen-bond acceptors (Lipinski definition) is 2. The molecule has 2 aliphatic heterocycles. The molecule has 0 aromatic carbocycles. The van der Waals surface area contributed by atoms with Gasteiger partial charge in [0.1, 0.15) is 0 Å². The maximum atomic E-state index is 3.65. The Labute approximate surface area is 101 Å². The summed E-state index contributed by atoms with van der Waals surface area (Å²) in [4.78, 5) is 2.70. The number of piperidine rings is 2. The van der Waals surface area contributed by atoms with Crippen LogP contribution in [0.25, 0.3) is 0 Å². The van der Waals surface area contributed by atoms with E-state index >= 15 is 0 Å². The average Bonchev–Trinajstić information content (AvgIpc) is 2.33. The molecule has 2 heterocycles. The molecule has 0 saturated carbocycles. The number of hydrogen-bond donors (Lipinski definition) is 1. The monoisotopic (exact) mass is 224 g/mol. The molecule has 0 radical (unpaired) electrons. The molecule has 0 aromatic rings. The van der Waals surface area contributed by atoms with E-state index in [0.717, 1.165) is 12.1 Å². The van der Waals surface area contributed by atoms with Crippen LogP contribution in [0.2, 0.25) is 0 Å². The van der Waals surface area contributed by atoms with Crippen LogP contribution < -0.4 is 5.32 Å². The molecule has 0 aromatic heterocycles. The van der Waals surface area contributed by atoms with Crippen LogP contribution in [0.15, 0.2) is 0 Å². The molecular formula is C14H28N2. The van der Waals surface area contributed by atoms with Crippen molar-refractivity contribution in [2.45, 2.75) is 70.4 Å². The lowest BCUT2D eigenvalue weighted by Crippen LogP contribution is -2.39. The zero-order valence-corrected chi connectivity index (χ0v) is 10.9. The van der Waals surface area contributed by atoms with Crippen LogP contribution in [-0.4, -0.2) is 36.6 Å². The van der Waals surface area contributed by atoms with E-state index in [-0.39, 0.29) is 0 Å². The Kier molecular flexibility index (Phi) is 5.11. The fourth-order valence-corrected chi connectivity index (χ4v) is 3.20. The zero-order valence-electron chi connectivity index (χ0n) is 10.9. The zero-order chi connectivity index (χ0) is 11.2. The van der Waals surface area contributed by atoms with Crippen molar-refractivity contribution in [1.29, 1.82) is 0 Å². The molecule has 2 saturated heterocycles. The third-order valence-corrected chi connectivity index (χ3v) is 4.35. The van der Waals surface area contributed by atoms with Crippen LogP contribution in [0.1, 0.15) is 58.3 Å². The van der Waals surface area contributed by atoms with Gasteiger partial charge in [-0.3, -0.25) is 0 Å². The molecule has 0 aliphatic carbocycles. The van der Waals surface area contributed by atoms with E-state index < -0.39 is 0 Å². The minimum absolute atomic E-state index is 0.828. The van der Waals surface area contributed by atoms with E-state index in [1.807, 2.05) is 0 Å². The van der Waals surface area contributed by atoms with Gasteiger partial charge in [0.15, 0.2) is 0 Å². The number of rotatable bonds is 4. The van der Waals surface area contributed by atoms with E-state index in [1.165, 1.54) is 71.0 Å². The van der Waals surface area contributed by atoms with Gasteiger partial charge in [0.25, 0.3) is 0 Å². The Morgan fingerprint density at radius 1 is 1.12 bits per heavy atom. The molecule has 2 fully saturated rings. The molecule has 0 bridgehead atoms. The Bertz CT molecular complexity index is 187. The second-order valence-electron chi connectivity index (χ2n) is 5.67. The lowest BCUT2D eigenvalue weighted by molar-refractivity contribution is 0.155. The van der Waals surface area contributed by atoms with Gasteiger partial charge in [-0.2, -0.15) is 0 Å². The van der Waals surface area contributed by atoms with Crippen molar-refractivity contribution in [3.05, 3.63) is 0 Å². The summed E-state index contributed by atoms with van der Waals surface area (Å²) in [5, 5.41) is 3.65. The molecular weight excluding hydrogens is 196 g/mol. The Hall–Kier alpha value is -0.0800. The summed E-state index contributed by atoms with van der Waals surface area (Å²) in [5.41, 5.74) is 0. The van der Waals surface area contributed by atoms with Crippen molar-refractivity contribution in [2.75, 3.05) is 19.6 Å². The fraction of sp³-hybridized carbons (Fsp3) is 1.00. The van der Waals surface area contributed by atoms with Gasteiger partial charge in [-0.1, -0.05) is 12.8 Å². The number of nitrogens with one attached hydrogen (secondary N) is 1. The summed E-state index contributed by atoms with van der Waals surface area (Å²) in [6, 6.07) is 1.67. The summed E-state index contributed by atoms with van der Waals surface area (Å²) < 4.78 is 0. The summed E-state index contributed by atoms with van der Waals surface area (Å²) in [6.07, 6.45) is 11.3. The predicted octanol–water partition coefficient (Wildman–Crippen LogP) is 2.78. The Balaban J connectivity index is 1.59. The maximum Gasteiger partial charge on any atom is 0.00675 e. The maximum absolute atomic E-state index is 3.65. The lowest BCUT2D eigenvalue weighted by atomic mass is 9.99. The van der Waals surface area contributed by atoms with Crippen LogP contribution in [0.4, 0.5) is 0 Å². The Morgan fingerprint density at radius 2 is 2.00 bits per heavy atom. The molecule has 94 valence electrons. The van der Waals surface area contributed by atoms with Crippen molar-refractivity contribution in [2.24, 2.45) is 0 Å². The van der Waals surface area contributed by atoms with Crippen molar-refractivity contribution >= 4 is 0 Å². The quantitative estimate of drug-likeness (QED) is 0.790. The summed E-state index contributed by atoms with van der Waals surface area (Å²) in [5.74, 6) is 0. The molecule has 2 unspecified atom stereocenters. The van der Waals surface area contributed by atoms with Crippen LogP contribution in [0.5, 0.6) is 0 Å². The molecule has 0 amide bonds. The second-order valence-corrected chi connectivity index (χ2v) is 5.67. The van der Waals surface area contributed by atoms with Gasteiger partial charge in [-0.05, 0) is 65.1 Å². The molecule has 0 spiro atoms. The highest BCUT2D eigenvalue weighted by molar-refractivity contribution is 4.76. The van der Waals surface area contributed by atoms with Crippen molar-refractivity contribution < 1.29 is 0 Å². The first-order valence-electron chi connectivity index (χ1n) is 7.33. The molecule has 16 heavy (non-hydrogen) atoms. The lowest BCUT2D eigenvalue weighted by Gasteiger charge is -2.34. The molecule has 1 N–H and O–H groups in total. The number of likely N-dealkylation sites (tertiary alicyclic amines) is 1. The van der Waals surface area contributed by atoms with Gasteiger partial charge < -0.3 is 10.2 Å². The fourth-order valence-electron chi connectivity index (χ4n) is 3.20. The summed E-state index contributed by atoms with van der Waals surface area (Å²) >= 11 is 0. The van der Waals surface area contributed by atoms with Gasteiger partial charge in [-0.25, -0.2) is 0 Å². The van der Waals surface area contributed by atoms with Gasteiger partial charge in [-0.15, -0.1) is 0 Å². The smallest absolute Gasteiger partial charge is 0.00675 e. The normalized spacial score (nSPS) is 32.8. The predicted molar refractivity (Wildman–Crippen MR) is 69.8 cm³/mol. The third kappa shape index (κ3) is 3.74. The van der Waals surface area contributed by atoms with E-state index in [4.69, 9.17) is 0 Å². The largest absolute Gasteiger partial charge is 0.314 e. The summed E-state index contributed by atoms with van der Waals surface area (Å²) in [7, 11) is 0. The number of nitrogens with zero attached hydrogens (tertiary/aromatic N) is 1. The van der Waals surface area contributed by atoms with Crippen molar-refractivity contribution in [1.82, 2.24) is 10.2 Å². The molecule has 2 aliphatic rings. The first kappa shape index (κ1) is 12.4. The first-order chi connectivity index (χ1) is 7.86. The van der Waals surface area contributed by atoms with Crippen LogP contribution >= 0.6 is 0 Å². The van der Waals surface area contributed by atoms with Gasteiger partial charge in [0.05, 0.1) is 0 Å². The van der Waals surface area contributed by atoms with E-state index in [1.54, 1.807) is 0 Å². The second kappa shape index (κ2) is 6.61. The van der Waals surface area contributed by atoms with Crippen LogP contribution in [0.3, 0.4) is 0 Å². The topological polar surface area (TPSA) is 15.3 Å². The Morgan fingerprint density at radius 3 is 2.75 bits per heavy atom. The minimum Gasteiger partial charge on any atom is -0.314 e. The standard InChI is InChI=1S/C14H28N2/c1-13-7-3-5-11-16(13)12-6-9-14-8-2-4-10-15-14/h13-15H,2-12H2,1H3. The first-order valence-corrected chi connectivity index (χ1v) is 7.33. The SMILES string of the molecule is CC1CCCCN1CCCC1CCCCN1. The summed E-state index contributed by atoms with van der Waals surface area (Å²) in [6.45, 7) is 6.33. The molecule has 2 heteroatoms. The molecule has 2 nitrogen and oxygen atoms in total. The minimum atomic E-state index is 0.828. The highest BCUT2D eigenvalue weighted by atomic mass is 15.2.